The minimum Gasteiger partial charge on any atom is -0.550 e. The molecule has 0 saturated heterocycles. The molecule has 0 aromatic heterocycles. The molecule has 0 radical (unpaired) electrons. The number of aliphatic carboxylic acids is 3. The molecule has 0 heterocycles. The molecule has 3 atom stereocenters. The maximum atomic E-state index is 11.5. The third kappa shape index (κ3) is 24.9. The van der Waals surface area contributed by atoms with Crippen molar-refractivity contribution >= 4 is 17.9 Å². The lowest BCUT2D eigenvalue weighted by atomic mass is 10.0. The second-order valence-electron chi connectivity index (χ2n) is 14.0. The predicted octanol–water partition coefficient (Wildman–Crippen LogP) is 8.79. The van der Waals surface area contributed by atoms with Gasteiger partial charge in [-0.05, 0) is 32.1 Å². The van der Waals surface area contributed by atoms with Crippen molar-refractivity contribution in [2.24, 2.45) is 17.8 Å². The van der Waals surface area contributed by atoms with Crippen LogP contribution in [0.2, 0.25) is 0 Å². The summed E-state index contributed by atoms with van der Waals surface area (Å²) in [6.07, 6.45) is 30.5. The number of nitrogens with zero attached hydrogens (tertiary/aromatic N) is 1. The van der Waals surface area contributed by atoms with Gasteiger partial charge in [-0.1, -0.05) is 130 Å². The molecule has 0 rings (SSSR count). The molecule has 7 nitrogen and oxygen atoms in total. The zero-order valence-electron chi connectivity index (χ0n) is 29.7. The predicted molar refractivity (Wildman–Crippen MR) is 184 cm³/mol. The lowest BCUT2D eigenvalue weighted by molar-refractivity contribution is -0.929. The highest BCUT2D eigenvalue weighted by atomic mass is 16.4. The fourth-order valence-electron chi connectivity index (χ4n) is 6.00. The number of carboxylic acid groups (broad SMARTS) is 3. The third-order valence-corrected chi connectivity index (χ3v) is 9.75. The molecular formula is C38H71NO6. The molecule has 0 aliphatic heterocycles. The van der Waals surface area contributed by atoms with E-state index in [9.17, 15) is 29.7 Å². The Morgan fingerprint density at radius 1 is 0.533 bits per heavy atom. The van der Waals surface area contributed by atoms with Crippen LogP contribution in [0.5, 0.6) is 0 Å². The molecule has 0 saturated carbocycles. The largest absolute Gasteiger partial charge is 0.550 e. The summed E-state index contributed by atoms with van der Waals surface area (Å²) in [4.78, 5) is 34.4. The zero-order valence-corrected chi connectivity index (χ0v) is 29.7. The average molecular weight is 638 g/mol. The summed E-state index contributed by atoms with van der Waals surface area (Å²) >= 11 is 0. The first-order chi connectivity index (χ1) is 21.5. The number of carbonyl (C=O) groups is 3. The highest BCUT2D eigenvalue weighted by Gasteiger charge is 2.30. The summed E-state index contributed by atoms with van der Waals surface area (Å²) in [5, 5.41) is 30.3. The van der Waals surface area contributed by atoms with Gasteiger partial charge in [0.25, 0.3) is 0 Å². The summed E-state index contributed by atoms with van der Waals surface area (Å²) in [7, 11) is 0. The maximum absolute atomic E-state index is 11.5. The Morgan fingerprint density at radius 2 is 0.867 bits per heavy atom. The van der Waals surface area contributed by atoms with Crippen LogP contribution in [0.1, 0.15) is 169 Å². The van der Waals surface area contributed by atoms with E-state index in [0.717, 1.165) is 19.4 Å². The van der Waals surface area contributed by atoms with Gasteiger partial charge in [0.1, 0.15) is 0 Å². The molecule has 45 heavy (non-hydrogen) atoms. The standard InChI is InChI=1S/C38H71NO6/c1-5-6-7-8-9-10-11-12-13-14-15-16-17-18-19-20-21-22-23-24-25-29-39(30-26-33(2)36(40)41,31-27-34(3)37(42)43)32-28-35(4)38(44)45/h8-9,33-35H,5-7,10-32H2,1-4H3,(H2-,40,41,42,43,44,45)/b9-8+. The molecule has 264 valence electrons. The molecule has 0 aliphatic rings. The highest BCUT2D eigenvalue weighted by molar-refractivity contribution is 5.69. The van der Waals surface area contributed by atoms with Crippen molar-refractivity contribution in [3.63, 3.8) is 0 Å². The minimum absolute atomic E-state index is 0.447. The topological polar surface area (TPSA) is 115 Å². The van der Waals surface area contributed by atoms with Gasteiger partial charge in [0.2, 0.25) is 0 Å². The van der Waals surface area contributed by atoms with Crippen LogP contribution in [-0.4, -0.2) is 58.8 Å². The number of quaternary nitrogens is 1. The fourth-order valence-corrected chi connectivity index (χ4v) is 6.00. The summed E-state index contributed by atoms with van der Waals surface area (Å²) in [6.45, 7) is 9.98. The molecule has 0 spiro atoms. The molecular weight excluding hydrogens is 566 g/mol. The number of hydrogen-bond donors (Lipinski definition) is 2. The van der Waals surface area contributed by atoms with E-state index in [1.54, 1.807) is 20.8 Å². The Bertz CT molecular complexity index is 722. The first kappa shape index (κ1) is 43.1. The molecule has 7 heteroatoms. The fraction of sp³-hybridized carbons (Fsp3) is 0.868. The van der Waals surface area contributed by atoms with E-state index < -0.39 is 35.7 Å². The van der Waals surface area contributed by atoms with Gasteiger partial charge in [-0.25, -0.2) is 0 Å². The van der Waals surface area contributed by atoms with Crippen molar-refractivity contribution in [2.45, 2.75) is 169 Å². The number of hydrogen-bond acceptors (Lipinski definition) is 4. The van der Waals surface area contributed by atoms with E-state index >= 15 is 0 Å². The molecule has 0 aliphatic carbocycles. The van der Waals surface area contributed by atoms with Crippen molar-refractivity contribution in [1.29, 1.82) is 0 Å². The van der Waals surface area contributed by atoms with Crippen LogP contribution in [0.15, 0.2) is 12.2 Å². The number of unbranched alkanes of at least 4 members (excludes halogenated alkanes) is 17. The van der Waals surface area contributed by atoms with Crippen LogP contribution >= 0.6 is 0 Å². The monoisotopic (exact) mass is 638 g/mol. The van der Waals surface area contributed by atoms with Gasteiger partial charge in [-0.3, -0.25) is 9.59 Å². The number of rotatable bonds is 33. The van der Waals surface area contributed by atoms with Gasteiger partial charge < -0.3 is 24.6 Å². The Labute approximate surface area is 276 Å². The maximum Gasteiger partial charge on any atom is 0.306 e. The molecule has 0 aromatic rings. The van der Waals surface area contributed by atoms with Crippen LogP contribution in [0, 0.1) is 17.8 Å². The summed E-state index contributed by atoms with van der Waals surface area (Å²) in [5.41, 5.74) is 0. The average Bonchev–Trinajstić information content (AvgIpc) is 3.01. The van der Waals surface area contributed by atoms with E-state index in [1.807, 2.05) is 0 Å². The van der Waals surface area contributed by atoms with Crippen LogP contribution < -0.4 is 5.11 Å². The normalized spacial score (nSPS) is 15.1. The second-order valence-corrected chi connectivity index (χ2v) is 14.0. The zero-order chi connectivity index (χ0) is 33.8. The van der Waals surface area contributed by atoms with E-state index in [1.165, 1.54) is 109 Å². The van der Waals surface area contributed by atoms with E-state index in [0.29, 0.717) is 43.4 Å². The Kier molecular flexibility index (Phi) is 27.2. The van der Waals surface area contributed by atoms with Gasteiger partial charge in [-0.15, -0.1) is 0 Å². The lowest BCUT2D eigenvalue weighted by Gasteiger charge is -2.41. The number of carboxylic acids is 3. The Morgan fingerprint density at radius 3 is 1.22 bits per heavy atom. The van der Waals surface area contributed by atoms with Crippen LogP contribution in [-0.2, 0) is 14.4 Å². The van der Waals surface area contributed by atoms with Crippen LogP contribution in [0.3, 0.4) is 0 Å². The SMILES string of the molecule is CCCC/C=C/CCCCCCCCCCCCCCCCC[N+](CCC(C)C(=O)[O-])(CCC(C)C(=O)O)CCC(C)C(=O)O. The molecule has 2 N–H and O–H groups in total. The van der Waals surface area contributed by atoms with Gasteiger partial charge in [0.15, 0.2) is 0 Å². The van der Waals surface area contributed by atoms with E-state index in [-0.39, 0.29) is 0 Å². The lowest BCUT2D eigenvalue weighted by Crippen LogP contribution is -2.52. The molecule has 0 fully saturated rings. The quantitative estimate of drug-likeness (QED) is 0.0422. The Hall–Kier alpha value is -1.89. The van der Waals surface area contributed by atoms with Gasteiger partial charge in [-0.2, -0.15) is 0 Å². The van der Waals surface area contributed by atoms with Crippen molar-refractivity contribution < 1.29 is 34.2 Å². The van der Waals surface area contributed by atoms with Gasteiger partial charge >= 0.3 is 11.9 Å². The summed E-state index contributed by atoms with van der Waals surface area (Å²) < 4.78 is 0.587. The van der Waals surface area contributed by atoms with Crippen LogP contribution in [0.4, 0.5) is 0 Å². The van der Waals surface area contributed by atoms with E-state index in [2.05, 4.69) is 19.1 Å². The van der Waals surface area contributed by atoms with Crippen LogP contribution in [0.25, 0.3) is 0 Å². The number of carbonyl (C=O) groups excluding carboxylic acids is 1. The number of allylic oxidation sites excluding steroid dienone is 2. The van der Waals surface area contributed by atoms with Crippen molar-refractivity contribution in [3.05, 3.63) is 12.2 Å². The van der Waals surface area contributed by atoms with Gasteiger partial charge in [0, 0.05) is 31.1 Å². The van der Waals surface area contributed by atoms with E-state index in [4.69, 9.17) is 0 Å². The smallest absolute Gasteiger partial charge is 0.306 e. The molecule has 0 amide bonds. The Balaban J connectivity index is 4.32. The molecule has 3 unspecified atom stereocenters. The molecule has 0 bridgehead atoms. The second kappa shape index (κ2) is 28.3. The van der Waals surface area contributed by atoms with Crippen molar-refractivity contribution in [1.82, 2.24) is 0 Å². The molecule has 0 aromatic carbocycles. The van der Waals surface area contributed by atoms with Gasteiger partial charge in [0.05, 0.1) is 38.0 Å². The first-order valence-corrected chi connectivity index (χ1v) is 18.7. The summed E-state index contributed by atoms with van der Waals surface area (Å²) in [6, 6.07) is 0. The van der Waals surface area contributed by atoms with Crippen molar-refractivity contribution in [3.8, 4) is 0 Å². The minimum atomic E-state index is -1.07. The van der Waals surface area contributed by atoms with Crippen molar-refractivity contribution in [2.75, 3.05) is 26.2 Å². The highest BCUT2D eigenvalue weighted by Crippen LogP contribution is 2.22. The summed E-state index contributed by atoms with van der Waals surface area (Å²) in [5.74, 6) is -4.30. The first-order valence-electron chi connectivity index (χ1n) is 18.7. The third-order valence-electron chi connectivity index (χ3n) is 9.75.